The smallest absolute Gasteiger partial charge is 0.341 e. The van der Waals surface area contributed by atoms with E-state index in [0.717, 1.165) is 11.3 Å². The number of methoxy groups -OCH3 is 1. The Morgan fingerprint density at radius 2 is 1.89 bits per heavy atom. The highest BCUT2D eigenvalue weighted by atomic mass is 32.1. The number of hydrogen-bond acceptors (Lipinski definition) is 8. The maximum atomic E-state index is 13.0. The van der Waals surface area contributed by atoms with Gasteiger partial charge in [-0.3, -0.25) is 14.9 Å². The summed E-state index contributed by atoms with van der Waals surface area (Å²) in [7, 11) is 1.48. The van der Waals surface area contributed by atoms with Crippen LogP contribution in [0.2, 0.25) is 0 Å². The van der Waals surface area contributed by atoms with Gasteiger partial charge in [0.1, 0.15) is 28.0 Å². The number of para-hydroxylation sites is 1. The van der Waals surface area contributed by atoms with Crippen LogP contribution < -0.4 is 10.1 Å². The minimum absolute atomic E-state index is 0.0898. The van der Waals surface area contributed by atoms with Crippen molar-refractivity contribution in [3.63, 3.8) is 0 Å². The van der Waals surface area contributed by atoms with Gasteiger partial charge in [0, 0.05) is 28.1 Å². The highest BCUT2D eigenvalue weighted by Crippen LogP contribution is 2.41. The number of rotatable bonds is 8. The Balaban J connectivity index is 2.04. The zero-order valence-electron chi connectivity index (χ0n) is 19.2. The van der Waals surface area contributed by atoms with Gasteiger partial charge in [0.2, 0.25) is 0 Å². The van der Waals surface area contributed by atoms with Gasteiger partial charge in [0.15, 0.2) is 0 Å². The molecule has 0 fully saturated rings. The Bertz CT molecular complexity index is 1350. The van der Waals surface area contributed by atoms with Crippen LogP contribution in [0.3, 0.4) is 0 Å². The number of amides is 1. The van der Waals surface area contributed by atoms with Gasteiger partial charge in [0.05, 0.1) is 18.6 Å². The number of nitriles is 1. The van der Waals surface area contributed by atoms with Crippen molar-refractivity contribution < 1.29 is 24.0 Å². The van der Waals surface area contributed by atoms with Crippen LogP contribution in [-0.4, -0.2) is 30.5 Å². The Labute approximate surface area is 205 Å². The van der Waals surface area contributed by atoms with Crippen molar-refractivity contribution in [3.05, 3.63) is 80.2 Å². The lowest BCUT2D eigenvalue weighted by Gasteiger charge is -2.09. The molecule has 10 heteroatoms. The monoisotopic (exact) mass is 491 g/mol. The van der Waals surface area contributed by atoms with E-state index < -0.39 is 16.8 Å². The number of ether oxygens (including phenoxy) is 2. The van der Waals surface area contributed by atoms with Crippen molar-refractivity contribution in [1.82, 2.24) is 0 Å². The van der Waals surface area contributed by atoms with Crippen molar-refractivity contribution in [2.45, 2.75) is 13.8 Å². The summed E-state index contributed by atoms with van der Waals surface area (Å²) in [5.74, 6) is -0.874. The number of nitro groups is 1. The van der Waals surface area contributed by atoms with E-state index in [1.165, 1.54) is 37.5 Å². The summed E-state index contributed by atoms with van der Waals surface area (Å²) in [5.41, 5.74) is 1.43. The van der Waals surface area contributed by atoms with E-state index in [1.807, 2.05) is 6.07 Å². The van der Waals surface area contributed by atoms with Crippen LogP contribution in [0, 0.1) is 28.4 Å². The van der Waals surface area contributed by atoms with Crippen molar-refractivity contribution in [2.75, 3.05) is 19.0 Å². The lowest BCUT2D eigenvalue weighted by atomic mass is 10.0. The molecule has 0 bridgehead atoms. The lowest BCUT2D eigenvalue weighted by molar-refractivity contribution is -0.384. The van der Waals surface area contributed by atoms with E-state index in [4.69, 9.17) is 9.47 Å². The van der Waals surface area contributed by atoms with Gasteiger partial charge >= 0.3 is 5.97 Å². The lowest BCUT2D eigenvalue weighted by Crippen LogP contribution is -2.16. The molecule has 0 atom stereocenters. The summed E-state index contributed by atoms with van der Waals surface area (Å²) in [6.45, 7) is 3.53. The van der Waals surface area contributed by atoms with E-state index in [-0.39, 0.29) is 28.4 Å². The van der Waals surface area contributed by atoms with Crippen LogP contribution in [0.1, 0.15) is 27.7 Å². The number of carbonyl (C=O) groups is 2. The number of benzene rings is 2. The van der Waals surface area contributed by atoms with Crippen molar-refractivity contribution >= 4 is 40.0 Å². The molecular weight excluding hydrogens is 470 g/mol. The summed E-state index contributed by atoms with van der Waals surface area (Å²) in [6.07, 6.45) is 1.40. The number of esters is 1. The first-order chi connectivity index (χ1) is 16.8. The standard InChI is InChI=1S/C25H21N3O6S/c1-4-34-25(30)22-21(16-9-11-19(12-10-16)28(31)32)15(2)35-24(22)27-23(29)18(14-26)13-17-7-5-6-8-20(17)33-3/h5-13H,4H2,1-3H3,(H,27,29). The molecule has 9 nitrogen and oxygen atoms in total. The number of aryl methyl sites for hydroxylation is 1. The summed E-state index contributed by atoms with van der Waals surface area (Å²) in [4.78, 5) is 37.0. The van der Waals surface area contributed by atoms with Gasteiger partial charge in [-0.05, 0) is 43.7 Å². The highest BCUT2D eigenvalue weighted by molar-refractivity contribution is 7.17. The fourth-order valence-corrected chi connectivity index (χ4v) is 4.45. The minimum Gasteiger partial charge on any atom is -0.496 e. The quantitative estimate of drug-likeness (QED) is 0.147. The summed E-state index contributed by atoms with van der Waals surface area (Å²) < 4.78 is 10.5. The van der Waals surface area contributed by atoms with E-state index in [2.05, 4.69) is 5.32 Å². The van der Waals surface area contributed by atoms with Gasteiger partial charge in [0.25, 0.3) is 11.6 Å². The number of anilines is 1. The van der Waals surface area contributed by atoms with Crippen LogP contribution >= 0.6 is 11.3 Å². The number of hydrogen-bond donors (Lipinski definition) is 1. The fraction of sp³-hybridized carbons (Fsp3) is 0.160. The molecule has 178 valence electrons. The second-order valence-electron chi connectivity index (χ2n) is 7.13. The molecule has 2 aromatic carbocycles. The molecule has 0 unspecified atom stereocenters. The van der Waals surface area contributed by atoms with Gasteiger partial charge in [-0.15, -0.1) is 11.3 Å². The van der Waals surface area contributed by atoms with Crippen LogP contribution in [0.15, 0.2) is 54.1 Å². The SMILES string of the molecule is CCOC(=O)c1c(NC(=O)C(C#N)=Cc2ccccc2OC)sc(C)c1-c1ccc([N+](=O)[O-])cc1. The average Bonchev–Trinajstić information content (AvgIpc) is 3.18. The topological polar surface area (TPSA) is 132 Å². The zero-order chi connectivity index (χ0) is 25.5. The number of non-ortho nitro benzene ring substituents is 1. The number of nitrogens with one attached hydrogen (secondary N) is 1. The number of nitro benzene ring substituents is 1. The van der Waals surface area contributed by atoms with Crippen LogP contribution in [0.5, 0.6) is 5.75 Å². The van der Waals surface area contributed by atoms with E-state index in [0.29, 0.717) is 27.3 Å². The molecule has 0 aliphatic carbocycles. The Morgan fingerprint density at radius 1 is 1.20 bits per heavy atom. The maximum Gasteiger partial charge on any atom is 0.341 e. The molecule has 0 saturated carbocycles. The number of thiophene rings is 1. The van der Waals surface area contributed by atoms with Crippen LogP contribution in [0.4, 0.5) is 10.7 Å². The first-order valence-corrected chi connectivity index (χ1v) is 11.2. The molecular formula is C25H21N3O6S. The molecule has 1 N–H and O–H groups in total. The van der Waals surface area contributed by atoms with E-state index in [1.54, 1.807) is 38.1 Å². The predicted octanol–water partition coefficient (Wildman–Crippen LogP) is 5.36. The maximum absolute atomic E-state index is 13.0. The van der Waals surface area contributed by atoms with Crippen LogP contribution in [0.25, 0.3) is 17.2 Å². The summed E-state index contributed by atoms with van der Waals surface area (Å²) in [5, 5.41) is 23.5. The molecule has 0 aliphatic heterocycles. The Hall–Kier alpha value is -4.49. The number of nitrogens with zero attached hydrogens (tertiary/aromatic N) is 2. The Morgan fingerprint density at radius 3 is 2.49 bits per heavy atom. The summed E-state index contributed by atoms with van der Waals surface area (Å²) in [6, 6.07) is 14.5. The number of carbonyl (C=O) groups excluding carboxylic acids is 2. The predicted molar refractivity (Wildman–Crippen MR) is 132 cm³/mol. The third-order valence-corrected chi connectivity index (χ3v) is 5.98. The third-order valence-electron chi connectivity index (χ3n) is 4.96. The van der Waals surface area contributed by atoms with Crippen molar-refractivity contribution in [2.24, 2.45) is 0 Å². The molecule has 1 heterocycles. The summed E-state index contributed by atoms with van der Waals surface area (Å²) >= 11 is 1.14. The second-order valence-corrected chi connectivity index (χ2v) is 8.35. The average molecular weight is 492 g/mol. The first-order valence-electron chi connectivity index (χ1n) is 10.4. The second kappa shape index (κ2) is 11.1. The van der Waals surface area contributed by atoms with Gasteiger partial charge in [-0.25, -0.2) is 4.79 Å². The first kappa shape index (κ1) is 25.1. The minimum atomic E-state index is -0.708. The molecule has 35 heavy (non-hydrogen) atoms. The third kappa shape index (κ3) is 5.54. The van der Waals surface area contributed by atoms with Gasteiger partial charge < -0.3 is 14.8 Å². The van der Waals surface area contributed by atoms with E-state index in [9.17, 15) is 25.0 Å². The fourth-order valence-electron chi connectivity index (χ4n) is 3.39. The highest BCUT2D eigenvalue weighted by Gasteiger charge is 2.26. The molecule has 0 spiro atoms. The molecule has 3 rings (SSSR count). The van der Waals surface area contributed by atoms with Crippen molar-refractivity contribution in [3.8, 4) is 22.9 Å². The van der Waals surface area contributed by atoms with Gasteiger partial charge in [-0.2, -0.15) is 5.26 Å². The largest absolute Gasteiger partial charge is 0.496 e. The van der Waals surface area contributed by atoms with Gasteiger partial charge in [-0.1, -0.05) is 18.2 Å². The zero-order valence-corrected chi connectivity index (χ0v) is 20.0. The molecule has 3 aromatic rings. The Kier molecular flexibility index (Phi) is 7.96. The van der Waals surface area contributed by atoms with E-state index >= 15 is 0 Å². The molecule has 1 aromatic heterocycles. The molecule has 0 aliphatic rings. The normalized spacial score (nSPS) is 10.9. The molecule has 1 amide bonds. The molecule has 0 saturated heterocycles. The van der Waals surface area contributed by atoms with Crippen molar-refractivity contribution in [1.29, 1.82) is 5.26 Å². The van der Waals surface area contributed by atoms with Crippen LogP contribution in [-0.2, 0) is 9.53 Å². The molecule has 0 radical (unpaired) electrons.